The van der Waals surface area contributed by atoms with Crippen LogP contribution in [0.1, 0.15) is 33.9 Å². The van der Waals surface area contributed by atoms with E-state index in [0.29, 0.717) is 21.4 Å². The highest BCUT2D eigenvalue weighted by molar-refractivity contribution is 7.17. The van der Waals surface area contributed by atoms with Crippen LogP contribution in [-0.2, 0) is 0 Å². The van der Waals surface area contributed by atoms with Gasteiger partial charge in [-0.05, 0) is 44.2 Å². The molecule has 1 aromatic heterocycles. The largest absolute Gasteiger partial charge is 0.496 e. The number of hydrogen-bond acceptors (Lipinski definition) is 5. The van der Waals surface area contributed by atoms with Gasteiger partial charge in [0.05, 0.1) is 18.8 Å². The summed E-state index contributed by atoms with van der Waals surface area (Å²) in [4.78, 5) is 17.6. The molecular formula is C20H20FN3O2S. The first-order chi connectivity index (χ1) is 13.0. The Kier molecular flexibility index (Phi) is 5.71. The van der Waals surface area contributed by atoms with Crippen molar-refractivity contribution in [2.75, 3.05) is 12.4 Å². The van der Waals surface area contributed by atoms with Crippen LogP contribution in [0.5, 0.6) is 5.75 Å². The number of rotatable bonds is 6. The Labute approximate surface area is 161 Å². The summed E-state index contributed by atoms with van der Waals surface area (Å²) in [7, 11) is 1.61. The lowest BCUT2D eigenvalue weighted by atomic mass is 10.1. The van der Waals surface area contributed by atoms with E-state index in [1.807, 2.05) is 31.2 Å². The van der Waals surface area contributed by atoms with Crippen molar-refractivity contribution < 1.29 is 13.9 Å². The van der Waals surface area contributed by atoms with Crippen molar-refractivity contribution in [1.82, 2.24) is 10.3 Å². The molecule has 1 heterocycles. The molecule has 3 rings (SSSR count). The van der Waals surface area contributed by atoms with Crippen molar-refractivity contribution in [2.24, 2.45) is 0 Å². The van der Waals surface area contributed by atoms with Crippen molar-refractivity contribution in [3.63, 3.8) is 0 Å². The lowest BCUT2D eigenvalue weighted by molar-refractivity contribution is 0.0943. The molecule has 0 radical (unpaired) electrons. The number of nitrogens with one attached hydrogen (secondary N) is 2. The average Bonchev–Trinajstić information content (AvgIpc) is 3.03. The summed E-state index contributed by atoms with van der Waals surface area (Å²) in [6, 6.07) is 13.3. The fraction of sp³-hybridized carbons (Fsp3) is 0.200. The summed E-state index contributed by atoms with van der Waals surface area (Å²) in [5.74, 6) is 0.224. The van der Waals surface area contributed by atoms with Gasteiger partial charge >= 0.3 is 0 Å². The summed E-state index contributed by atoms with van der Waals surface area (Å²) >= 11 is 1.25. The minimum atomic E-state index is -0.304. The Balaban J connectivity index is 1.73. The van der Waals surface area contributed by atoms with Crippen LogP contribution < -0.4 is 15.4 Å². The quantitative estimate of drug-likeness (QED) is 0.638. The monoisotopic (exact) mass is 385 g/mol. The number of amides is 1. The molecular weight excluding hydrogens is 365 g/mol. The van der Waals surface area contributed by atoms with Crippen LogP contribution in [0.15, 0.2) is 48.5 Å². The van der Waals surface area contributed by atoms with Gasteiger partial charge in [0.15, 0.2) is 5.13 Å². The third-order valence-corrected chi connectivity index (χ3v) is 5.12. The van der Waals surface area contributed by atoms with E-state index in [9.17, 15) is 9.18 Å². The van der Waals surface area contributed by atoms with Crippen LogP contribution in [0, 0.1) is 12.7 Å². The maximum absolute atomic E-state index is 13.0. The highest BCUT2D eigenvalue weighted by Gasteiger charge is 2.19. The van der Waals surface area contributed by atoms with Gasteiger partial charge in [0.25, 0.3) is 5.91 Å². The molecule has 0 bridgehead atoms. The van der Waals surface area contributed by atoms with Crippen LogP contribution >= 0.6 is 11.3 Å². The number of hydrogen-bond donors (Lipinski definition) is 2. The number of aromatic nitrogens is 1. The van der Waals surface area contributed by atoms with Gasteiger partial charge < -0.3 is 15.4 Å². The fourth-order valence-electron chi connectivity index (χ4n) is 2.68. The van der Waals surface area contributed by atoms with Crippen LogP contribution in [0.25, 0.3) is 0 Å². The van der Waals surface area contributed by atoms with Crippen molar-refractivity contribution >= 4 is 28.1 Å². The molecule has 0 spiro atoms. The zero-order chi connectivity index (χ0) is 19.4. The first-order valence-corrected chi connectivity index (χ1v) is 9.23. The minimum absolute atomic E-state index is 0.199. The van der Waals surface area contributed by atoms with E-state index in [1.54, 1.807) is 26.2 Å². The molecule has 0 saturated heterocycles. The topological polar surface area (TPSA) is 63.2 Å². The lowest BCUT2D eigenvalue weighted by Gasteiger charge is -2.16. The number of anilines is 2. The van der Waals surface area contributed by atoms with E-state index in [-0.39, 0.29) is 17.8 Å². The van der Waals surface area contributed by atoms with Crippen LogP contribution in [0.4, 0.5) is 15.2 Å². The molecule has 1 atom stereocenters. The molecule has 0 saturated carbocycles. The van der Waals surface area contributed by atoms with Crippen LogP contribution in [-0.4, -0.2) is 18.0 Å². The Morgan fingerprint density at radius 2 is 1.89 bits per heavy atom. The van der Waals surface area contributed by atoms with E-state index in [4.69, 9.17) is 4.74 Å². The summed E-state index contributed by atoms with van der Waals surface area (Å²) in [6.45, 7) is 3.69. The van der Waals surface area contributed by atoms with E-state index in [0.717, 1.165) is 11.3 Å². The zero-order valence-corrected chi connectivity index (χ0v) is 16.1. The van der Waals surface area contributed by atoms with Gasteiger partial charge in [-0.25, -0.2) is 9.37 Å². The zero-order valence-electron chi connectivity index (χ0n) is 15.2. The number of aryl methyl sites for hydroxylation is 1. The molecule has 140 valence electrons. The number of nitrogens with zero attached hydrogens (tertiary/aromatic N) is 1. The highest BCUT2D eigenvalue weighted by Crippen LogP contribution is 2.28. The number of benzene rings is 2. The standard InChI is InChI=1S/C20H20FN3O2S/c1-12(16-6-4-5-7-17(16)26-3)22-19(25)18-13(2)23-20(27-18)24-15-10-8-14(21)9-11-15/h4-12H,1-3H3,(H,22,25)(H,23,24)/t12-/m0/s1. The van der Waals surface area contributed by atoms with E-state index in [2.05, 4.69) is 15.6 Å². The molecule has 1 amide bonds. The Morgan fingerprint density at radius 3 is 2.59 bits per heavy atom. The number of thiazole rings is 1. The van der Waals surface area contributed by atoms with Gasteiger partial charge in [-0.1, -0.05) is 29.5 Å². The molecule has 0 aliphatic rings. The third kappa shape index (κ3) is 4.43. The van der Waals surface area contributed by atoms with Gasteiger partial charge in [-0.3, -0.25) is 4.79 Å². The second-order valence-electron chi connectivity index (χ2n) is 6.00. The van der Waals surface area contributed by atoms with Gasteiger partial charge in [-0.15, -0.1) is 0 Å². The Morgan fingerprint density at radius 1 is 1.19 bits per heavy atom. The fourth-order valence-corrected chi connectivity index (χ4v) is 3.57. The number of halogens is 1. The van der Waals surface area contributed by atoms with Gasteiger partial charge in [-0.2, -0.15) is 0 Å². The second-order valence-corrected chi connectivity index (χ2v) is 7.00. The maximum Gasteiger partial charge on any atom is 0.263 e. The van der Waals surface area contributed by atoms with Crippen molar-refractivity contribution in [3.05, 3.63) is 70.5 Å². The third-order valence-electron chi connectivity index (χ3n) is 4.05. The van der Waals surface area contributed by atoms with Crippen LogP contribution in [0.3, 0.4) is 0 Å². The number of para-hydroxylation sites is 1. The second kappa shape index (κ2) is 8.18. The van der Waals surface area contributed by atoms with E-state index in [1.165, 1.54) is 23.5 Å². The smallest absolute Gasteiger partial charge is 0.263 e. The molecule has 0 fully saturated rings. The normalized spacial score (nSPS) is 11.7. The summed E-state index contributed by atoms with van der Waals surface area (Å²) in [5.41, 5.74) is 2.24. The molecule has 3 aromatic rings. The lowest BCUT2D eigenvalue weighted by Crippen LogP contribution is -2.26. The van der Waals surface area contributed by atoms with Crippen molar-refractivity contribution in [2.45, 2.75) is 19.9 Å². The molecule has 0 unspecified atom stereocenters. The molecule has 5 nitrogen and oxygen atoms in total. The summed E-state index contributed by atoms with van der Waals surface area (Å²) < 4.78 is 18.4. The Bertz CT molecular complexity index is 941. The first kappa shape index (κ1) is 18.8. The van der Waals surface area contributed by atoms with Crippen LogP contribution in [0.2, 0.25) is 0 Å². The van der Waals surface area contributed by atoms with E-state index < -0.39 is 0 Å². The Hall–Kier alpha value is -2.93. The number of ether oxygens (including phenoxy) is 1. The number of carbonyl (C=O) groups excluding carboxylic acids is 1. The molecule has 7 heteroatoms. The van der Waals surface area contributed by atoms with Gasteiger partial charge in [0.2, 0.25) is 0 Å². The maximum atomic E-state index is 13.0. The number of carbonyl (C=O) groups is 1. The van der Waals surface area contributed by atoms with Crippen molar-refractivity contribution in [3.8, 4) is 5.75 Å². The number of methoxy groups -OCH3 is 1. The predicted octanol–water partition coefficient (Wildman–Crippen LogP) is 4.83. The van der Waals surface area contributed by atoms with Crippen molar-refractivity contribution in [1.29, 1.82) is 0 Å². The first-order valence-electron chi connectivity index (χ1n) is 8.41. The predicted molar refractivity (Wildman–Crippen MR) is 105 cm³/mol. The van der Waals surface area contributed by atoms with Gasteiger partial charge in [0.1, 0.15) is 16.4 Å². The van der Waals surface area contributed by atoms with Gasteiger partial charge in [0, 0.05) is 11.3 Å². The molecule has 2 aromatic carbocycles. The summed E-state index contributed by atoms with van der Waals surface area (Å²) in [6.07, 6.45) is 0. The minimum Gasteiger partial charge on any atom is -0.496 e. The summed E-state index contributed by atoms with van der Waals surface area (Å²) in [5, 5.41) is 6.66. The van der Waals surface area contributed by atoms with E-state index >= 15 is 0 Å². The molecule has 2 N–H and O–H groups in total. The molecule has 0 aliphatic carbocycles. The molecule has 0 aliphatic heterocycles. The molecule has 27 heavy (non-hydrogen) atoms. The SMILES string of the molecule is COc1ccccc1[C@H](C)NC(=O)c1sc(Nc2ccc(F)cc2)nc1C. The highest BCUT2D eigenvalue weighted by atomic mass is 32.1. The average molecular weight is 385 g/mol.